The van der Waals surface area contributed by atoms with E-state index in [1.54, 1.807) is 0 Å². The average Bonchev–Trinajstić information content (AvgIpc) is 3.81. The summed E-state index contributed by atoms with van der Waals surface area (Å²) in [6.45, 7) is 0. The van der Waals surface area contributed by atoms with Gasteiger partial charge in [-0.2, -0.15) is 0 Å². The molecule has 8 aromatic carbocycles. The minimum absolute atomic E-state index is 0.722. The van der Waals surface area contributed by atoms with E-state index in [0.29, 0.717) is 0 Å². The fourth-order valence-corrected chi connectivity index (χ4v) is 9.37. The van der Waals surface area contributed by atoms with Crippen molar-refractivity contribution in [3.63, 3.8) is 0 Å². The molecule has 4 heteroatoms. The van der Waals surface area contributed by atoms with Crippen molar-refractivity contribution >= 4 is 60.5 Å². The highest BCUT2D eigenvalue weighted by Crippen LogP contribution is 2.41. The fraction of sp³-hybridized carbons (Fsp3) is 0.0370. The predicted molar refractivity (Wildman–Crippen MR) is 242 cm³/mol. The number of hydrogen-bond donors (Lipinski definition) is 0. The Balaban J connectivity index is 1.02. The highest BCUT2D eigenvalue weighted by Gasteiger charge is 2.21. The van der Waals surface area contributed by atoms with E-state index in [-0.39, 0.29) is 0 Å². The van der Waals surface area contributed by atoms with Crippen molar-refractivity contribution in [2.45, 2.75) is 12.8 Å². The molecule has 12 rings (SSSR count). The third-order valence-electron chi connectivity index (χ3n) is 12.0. The van der Waals surface area contributed by atoms with Gasteiger partial charge in [0.1, 0.15) is 0 Å². The highest BCUT2D eigenvalue weighted by molar-refractivity contribution is 6.13. The third kappa shape index (κ3) is 5.01. The Hall–Kier alpha value is -7.56. The first kappa shape index (κ1) is 32.7. The van der Waals surface area contributed by atoms with Crippen LogP contribution >= 0.6 is 0 Å². The van der Waals surface area contributed by atoms with Crippen molar-refractivity contribution < 1.29 is 0 Å². The number of hydrogen-bond acceptors (Lipinski definition) is 2. The molecule has 0 bridgehead atoms. The van der Waals surface area contributed by atoms with Crippen LogP contribution in [0, 0.1) is 0 Å². The first-order chi connectivity index (χ1) is 28.8. The summed E-state index contributed by atoms with van der Waals surface area (Å²) in [5, 5.41) is 7.07. The summed E-state index contributed by atoms with van der Waals surface area (Å²) in [7, 11) is 0. The van der Waals surface area contributed by atoms with Crippen molar-refractivity contribution in [3.8, 4) is 45.1 Å². The standard InChI is InChI=1S/C54H36N4/c1-3-15-35(16-4-1)53-44-23-9-12-24-47(44)55-54(56-53)43-29-32-50(40-20-8-7-19-39(40)43)58-49-26-14-11-22-42(49)46-34-37(28-31-52(46)58)36-27-30-51-45(33-36)41-21-10-13-25-48(41)57(51)38-17-5-2-6-18-38/h1-12,14-24,26-34H,13,25H2. The average molecular weight is 741 g/mol. The van der Waals surface area contributed by atoms with Crippen molar-refractivity contribution in [1.82, 2.24) is 19.1 Å². The molecule has 0 fully saturated rings. The van der Waals surface area contributed by atoms with Gasteiger partial charge in [-0.1, -0.05) is 133 Å². The van der Waals surface area contributed by atoms with Crippen LogP contribution in [0.3, 0.4) is 0 Å². The van der Waals surface area contributed by atoms with Gasteiger partial charge in [0.25, 0.3) is 0 Å². The highest BCUT2D eigenvalue weighted by atomic mass is 15.0. The molecule has 0 amide bonds. The summed E-state index contributed by atoms with van der Waals surface area (Å²) in [5.41, 5.74) is 15.1. The number of rotatable bonds is 5. The maximum absolute atomic E-state index is 5.26. The van der Waals surface area contributed by atoms with E-state index < -0.39 is 0 Å². The van der Waals surface area contributed by atoms with Crippen LogP contribution in [0.1, 0.15) is 17.7 Å². The normalized spacial score (nSPS) is 12.6. The van der Waals surface area contributed by atoms with Gasteiger partial charge in [-0.15, -0.1) is 0 Å². The largest absolute Gasteiger partial charge is 0.313 e. The summed E-state index contributed by atoms with van der Waals surface area (Å²) in [4.78, 5) is 10.4. The molecule has 0 N–H and O–H groups in total. The predicted octanol–water partition coefficient (Wildman–Crippen LogP) is 13.8. The van der Waals surface area contributed by atoms with Crippen LogP contribution in [-0.2, 0) is 6.42 Å². The second-order valence-electron chi connectivity index (χ2n) is 15.2. The molecule has 3 aromatic heterocycles. The number of nitrogens with zero attached hydrogens (tertiary/aromatic N) is 4. The molecule has 1 aliphatic rings. The summed E-state index contributed by atoms with van der Waals surface area (Å²) in [6, 6.07) is 65.4. The molecular formula is C54H36N4. The molecule has 0 radical (unpaired) electrons. The summed E-state index contributed by atoms with van der Waals surface area (Å²) in [5.74, 6) is 0.722. The van der Waals surface area contributed by atoms with Crippen LogP contribution in [0.25, 0.3) is 106 Å². The molecule has 0 aliphatic heterocycles. The van der Waals surface area contributed by atoms with Crippen molar-refractivity contribution in [2.24, 2.45) is 0 Å². The molecule has 272 valence electrons. The van der Waals surface area contributed by atoms with E-state index >= 15 is 0 Å². The van der Waals surface area contributed by atoms with Gasteiger partial charge in [0.15, 0.2) is 5.82 Å². The molecule has 3 heterocycles. The molecular weight excluding hydrogens is 705 g/mol. The lowest BCUT2D eigenvalue weighted by molar-refractivity contribution is 0.888. The van der Waals surface area contributed by atoms with Crippen LogP contribution in [0.5, 0.6) is 0 Å². The van der Waals surface area contributed by atoms with Gasteiger partial charge < -0.3 is 9.13 Å². The second-order valence-corrected chi connectivity index (χ2v) is 15.2. The van der Waals surface area contributed by atoms with E-state index in [2.05, 4.69) is 191 Å². The third-order valence-corrected chi connectivity index (χ3v) is 12.0. The summed E-state index contributed by atoms with van der Waals surface area (Å²) in [6.07, 6.45) is 6.74. The zero-order chi connectivity index (χ0) is 38.2. The summed E-state index contributed by atoms with van der Waals surface area (Å²) < 4.78 is 4.89. The number of fused-ring (bicyclic) bond motifs is 8. The SMILES string of the molecule is C1=Cc2c(n(-c3ccccc3)c3ccc(-c4ccc5c(c4)c4ccccc4n5-c4ccc(-c5nc(-c6ccccc6)c6ccccc6n5)c5ccccc45)cc23)CC1. The van der Waals surface area contributed by atoms with E-state index in [9.17, 15) is 0 Å². The Bertz CT molecular complexity index is 3440. The first-order valence-electron chi connectivity index (χ1n) is 20.1. The van der Waals surface area contributed by atoms with E-state index in [1.165, 1.54) is 60.8 Å². The Kier molecular flexibility index (Phi) is 7.32. The topological polar surface area (TPSA) is 35.6 Å². The number of benzene rings is 8. The fourth-order valence-electron chi connectivity index (χ4n) is 9.37. The van der Waals surface area contributed by atoms with Crippen molar-refractivity contribution in [3.05, 3.63) is 199 Å². The van der Waals surface area contributed by atoms with Gasteiger partial charge in [0.05, 0.1) is 33.4 Å². The van der Waals surface area contributed by atoms with Crippen LogP contribution in [-0.4, -0.2) is 19.1 Å². The number of para-hydroxylation sites is 3. The number of allylic oxidation sites excluding steroid dienone is 1. The zero-order valence-electron chi connectivity index (χ0n) is 31.7. The van der Waals surface area contributed by atoms with Gasteiger partial charge >= 0.3 is 0 Å². The van der Waals surface area contributed by atoms with Crippen molar-refractivity contribution in [1.29, 1.82) is 0 Å². The lowest BCUT2D eigenvalue weighted by Crippen LogP contribution is -2.02. The van der Waals surface area contributed by atoms with Crippen molar-refractivity contribution in [2.75, 3.05) is 0 Å². The maximum Gasteiger partial charge on any atom is 0.161 e. The Morgan fingerprint density at radius 3 is 1.88 bits per heavy atom. The Morgan fingerprint density at radius 2 is 1.07 bits per heavy atom. The lowest BCUT2D eigenvalue weighted by Gasteiger charge is -2.15. The van der Waals surface area contributed by atoms with E-state index in [0.717, 1.165) is 62.8 Å². The van der Waals surface area contributed by atoms with Gasteiger partial charge in [-0.05, 0) is 90.0 Å². The molecule has 0 unspecified atom stereocenters. The smallest absolute Gasteiger partial charge is 0.161 e. The van der Waals surface area contributed by atoms with Crippen LogP contribution < -0.4 is 0 Å². The minimum Gasteiger partial charge on any atom is -0.313 e. The molecule has 1 aliphatic carbocycles. The molecule has 0 atom stereocenters. The Morgan fingerprint density at radius 1 is 0.431 bits per heavy atom. The number of aromatic nitrogens is 4. The molecule has 11 aromatic rings. The van der Waals surface area contributed by atoms with Gasteiger partial charge in [-0.25, -0.2) is 9.97 Å². The maximum atomic E-state index is 5.26. The minimum atomic E-state index is 0.722. The van der Waals surface area contributed by atoms with Crippen LogP contribution in [0.2, 0.25) is 0 Å². The molecule has 0 saturated heterocycles. The Labute approximate surface area is 335 Å². The van der Waals surface area contributed by atoms with Crippen LogP contribution in [0.15, 0.2) is 188 Å². The first-order valence-corrected chi connectivity index (χ1v) is 20.1. The second kappa shape index (κ2) is 13.0. The lowest BCUT2D eigenvalue weighted by atomic mass is 9.98. The zero-order valence-corrected chi connectivity index (χ0v) is 31.7. The van der Waals surface area contributed by atoms with E-state index in [4.69, 9.17) is 9.97 Å². The van der Waals surface area contributed by atoms with Gasteiger partial charge in [0, 0.05) is 55.0 Å². The van der Waals surface area contributed by atoms with Gasteiger partial charge in [-0.3, -0.25) is 0 Å². The molecule has 0 saturated carbocycles. The summed E-state index contributed by atoms with van der Waals surface area (Å²) >= 11 is 0. The van der Waals surface area contributed by atoms with Crippen LogP contribution in [0.4, 0.5) is 0 Å². The molecule has 4 nitrogen and oxygen atoms in total. The monoisotopic (exact) mass is 740 g/mol. The molecule has 58 heavy (non-hydrogen) atoms. The van der Waals surface area contributed by atoms with Gasteiger partial charge in [0.2, 0.25) is 0 Å². The quantitative estimate of drug-likeness (QED) is 0.176. The molecule has 0 spiro atoms. The van der Waals surface area contributed by atoms with E-state index in [1.807, 2.05) is 12.1 Å².